The van der Waals surface area contributed by atoms with Crippen LogP contribution < -0.4 is 5.59 Å². The van der Waals surface area contributed by atoms with Gasteiger partial charge in [0.05, 0.1) is 11.3 Å². The van der Waals surface area contributed by atoms with Crippen LogP contribution in [0.2, 0.25) is 0 Å². The second-order valence-corrected chi connectivity index (χ2v) is 5.76. The van der Waals surface area contributed by atoms with Crippen molar-refractivity contribution in [2.24, 2.45) is 5.41 Å². The molecular weight excluding hydrogens is 215 g/mol. The maximum absolute atomic E-state index is 5.71. The minimum Gasteiger partial charge on any atom is -0.406 e. The fourth-order valence-electron chi connectivity index (χ4n) is 1.95. The highest BCUT2D eigenvalue weighted by Crippen LogP contribution is 2.38. The normalized spacial score (nSPS) is 23.8. The fraction of sp³-hybridized carbons (Fsp3) is 0.667. The first-order valence-corrected chi connectivity index (χ1v) is 6.19. The van der Waals surface area contributed by atoms with Crippen LogP contribution in [0.25, 0.3) is 0 Å². The van der Waals surface area contributed by atoms with Gasteiger partial charge in [-0.05, 0) is 12.8 Å². The lowest BCUT2D eigenvalue weighted by Gasteiger charge is -2.32. The van der Waals surface area contributed by atoms with Crippen molar-refractivity contribution in [1.29, 1.82) is 0 Å². The van der Waals surface area contributed by atoms with E-state index in [1.54, 1.807) is 6.20 Å². The third kappa shape index (κ3) is 2.50. The zero-order valence-electron chi connectivity index (χ0n) is 10.3. The van der Waals surface area contributed by atoms with E-state index >= 15 is 0 Å². The molecule has 3 rings (SSSR count). The first kappa shape index (κ1) is 11.2. The maximum Gasteiger partial charge on any atom is 0.515 e. The maximum atomic E-state index is 5.71. The van der Waals surface area contributed by atoms with Gasteiger partial charge >= 0.3 is 7.12 Å². The van der Waals surface area contributed by atoms with E-state index in [-0.39, 0.29) is 12.5 Å². The Kier molecular flexibility index (Phi) is 2.67. The lowest BCUT2D eigenvalue weighted by Crippen LogP contribution is -2.48. The van der Waals surface area contributed by atoms with Gasteiger partial charge in [-0.25, -0.2) is 0 Å². The average molecular weight is 232 g/mol. The SMILES string of the molecule is CC1(C)COB(c2cncc(C3CC3)n2)OC1. The quantitative estimate of drug-likeness (QED) is 0.717. The number of hydrogen-bond donors (Lipinski definition) is 0. The molecule has 0 radical (unpaired) electrons. The highest BCUT2D eigenvalue weighted by Gasteiger charge is 2.35. The smallest absolute Gasteiger partial charge is 0.406 e. The molecular formula is C12H17BN2O2. The van der Waals surface area contributed by atoms with Crippen molar-refractivity contribution in [3.8, 4) is 0 Å². The lowest BCUT2D eigenvalue weighted by atomic mass is 9.80. The molecule has 0 amide bonds. The topological polar surface area (TPSA) is 44.2 Å². The van der Waals surface area contributed by atoms with E-state index in [9.17, 15) is 0 Å². The van der Waals surface area contributed by atoms with Crippen LogP contribution in [0, 0.1) is 5.41 Å². The Balaban J connectivity index is 1.73. The molecule has 1 aromatic rings. The molecule has 4 nitrogen and oxygen atoms in total. The minimum absolute atomic E-state index is 0.0953. The van der Waals surface area contributed by atoms with Gasteiger partial charge in [-0.3, -0.25) is 9.97 Å². The zero-order valence-corrected chi connectivity index (χ0v) is 10.3. The van der Waals surface area contributed by atoms with Gasteiger partial charge in [0.2, 0.25) is 0 Å². The third-order valence-corrected chi connectivity index (χ3v) is 3.16. The van der Waals surface area contributed by atoms with Crippen molar-refractivity contribution >= 4 is 12.7 Å². The van der Waals surface area contributed by atoms with Crippen molar-refractivity contribution in [3.63, 3.8) is 0 Å². The van der Waals surface area contributed by atoms with Gasteiger partial charge in [-0.2, -0.15) is 0 Å². The fourth-order valence-corrected chi connectivity index (χ4v) is 1.95. The Morgan fingerprint density at radius 3 is 2.59 bits per heavy atom. The summed E-state index contributed by atoms with van der Waals surface area (Å²) < 4.78 is 11.4. The van der Waals surface area contributed by atoms with Crippen LogP contribution in [0.5, 0.6) is 0 Å². The second-order valence-electron chi connectivity index (χ2n) is 5.76. The molecule has 2 fully saturated rings. The molecule has 1 saturated carbocycles. The second kappa shape index (κ2) is 4.07. The van der Waals surface area contributed by atoms with E-state index in [1.807, 2.05) is 6.20 Å². The molecule has 0 atom stereocenters. The van der Waals surface area contributed by atoms with Crippen molar-refractivity contribution in [1.82, 2.24) is 9.97 Å². The molecule has 1 aromatic heterocycles. The van der Waals surface area contributed by atoms with E-state index < -0.39 is 0 Å². The summed E-state index contributed by atoms with van der Waals surface area (Å²) in [5, 5.41) is 0. The highest BCUT2D eigenvalue weighted by molar-refractivity contribution is 6.60. The summed E-state index contributed by atoms with van der Waals surface area (Å²) in [5.41, 5.74) is 1.99. The first-order chi connectivity index (χ1) is 8.14. The number of hydrogen-bond acceptors (Lipinski definition) is 4. The molecule has 5 heteroatoms. The molecule has 1 aliphatic carbocycles. The predicted octanol–water partition coefficient (Wildman–Crippen LogP) is 1.12. The summed E-state index contributed by atoms with van der Waals surface area (Å²) in [4.78, 5) is 8.83. The van der Waals surface area contributed by atoms with Crippen LogP contribution in [0.3, 0.4) is 0 Å². The molecule has 2 heterocycles. The van der Waals surface area contributed by atoms with Gasteiger partial charge in [0, 0.05) is 36.9 Å². The van der Waals surface area contributed by atoms with Crippen LogP contribution >= 0.6 is 0 Å². The van der Waals surface area contributed by atoms with Crippen LogP contribution in [0.4, 0.5) is 0 Å². The van der Waals surface area contributed by atoms with Crippen molar-refractivity contribution in [2.75, 3.05) is 13.2 Å². The van der Waals surface area contributed by atoms with E-state index in [1.165, 1.54) is 12.8 Å². The summed E-state index contributed by atoms with van der Waals surface area (Å²) in [6, 6.07) is 0. The van der Waals surface area contributed by atoms with E-state index in [2.05, 4.69) is 23.8 Å². The van der Waals surface area contributed by atoms with E-state index in [0.717, 1.165) is 11.3 Å². The van der Waals surface area contributed by atoms with Crippen molar-refractivity contribution in [2.45, 2.75) is 32.6 Å². The van der Waals surface area contributed by atoms with Crippen LogP contribution in [0.15, 0.2) is 12.4 Å². The van der Waals surface area contributed by atoms with Crippen molar-refractivity contribution in [3.05, 3.63) is 18.1 Å². The van der Waals surface area contributed by atoms with E-state index in [0.29, 0.717) is 19.1 Å². The standard InChI is InChI=1S/C12H17BN2O2/c1-12(2)7-16-13(17-8-12)11-6-14-5-10(15-11)9-3-4-9/h5-6,9H,3-4,7-8H2,1-2H3. The third-order valence-electron chi connectivity index (χ3n) is 3.16. The molecule has 1 saturated heterocycles. The summed E-state index contributed by atoms with van der Waals surface area (Å²) in [5.74, 6) is 0.613. The molecule has 0 bridgehead atoms. The van der Waals surface area contributed by atoms with Crippen molar-refractivity contribution < 1.29 is 9.31 Å². The monoisotopic (exact) mass is 232 g/mol. The molecule has 0 spiro atoms. The highest BCUT2D eigenvalue weighted by atomic mass is 16.6. The largest absolute Gasteiger partial charge is 0.515 e. The number of aromatic nitrogens is 2. The summed E-state index contributed by atoms with van der Waals surface area (Å²) in [6.45, 7) is 5.67. The summed E-state index contributed by atoms with van der Waals surface area (Å²) in [7, 11) is -0.339. The predicted molar refractivity (Wildman–Crippen MR) is 65.1 cm³/mol. The van der Waals surface area contributed by atoms with Crippen LogP contribution in [-0.4, -0.2) is 30.3 Å². The van der Waals surface area contributed by atoms with Crippen LogP contribution in [0.1, 0.15) is 38.3 Å². The number of nitrogens with zero attached hydrogens (tertiary/aromatic N) is 2. The molecule has 17 heavy (non-hydrogen) atoms. The van der Waals surface area contributed by atoms with Gasteiger partial charge in [0.1, 0.15) is 0 Å². The van der Waals surface area contributed by atoms with Crippen LogP contribution in [-0.2, 0) is 9.31 Å². The Bertz CT molecular complexity index is 411. The van der Waals surface area contributed by atoms with Gasteiger partial charge in [0.15, 0.2) is 0 Å². The zero-order chi connectivity index (χ0) is 11.9. The Morgan fingerprint density at radius 1 is 1.24 bits per heavy atom. The lowest BCUT2D eigenvalue weighted by molar-refractivity contribution is 0.0339. The molecule has 0 aromatic carbocycles. The molecule has 0 N–H and O–H groups in total. The number of rotatable bonds is 2. The Hall–Kier alpha value is -0.935. The Labute approximate surface area is 102 Å². The minimum atomic E-state index is -0.339. The van der Waals surface area contributed by atoms with Gasteiger partial charge in [0.25, 0.3) is 0 Å². The average Bonchev–Trinajstić information content (AvgIpc) is 3.13. The van der Waals surface area contributed by atoms with Gasteiger partial charge in [-0.15, -0.1) is 0 Å². The Morgan fingerprint density at radius 2 is 1.94 bits per heavy atom. The molecule has 90 valence electrons. The first-order valence-electron chi connectivity index (χ1n) is 6.19. The molecule has 2 aliphatic rings. The summed E-state index contributed by atoms with van der Waals surface area (Å²) >= 11 is 0. The summed E-state index contributed by atoms with van der Waals surface area (Å²) in [6.07, 6.45) is 6.07. The van der Waals surface area contributed by atoms with E-state index in [4.69, 9.17) is 9.31 Å². The van der Waals surface area contributed by atoms with Gasteiger partial charge < -0.3 is 9.31 Å². The molecule has 1 aliphatic heterocycles. The van der Waals surface area contributed by atoms with Gasteiger partial charge in [-0.1, -0.05) is 13.8 Å². The molecule has 0 unspecified atom stereocenters.